The minimum Gasteiger partial charge on any atom is -0.497 e. The van der Waals surface area contributed by atoms with E-state index < -0.39 is 12.2 Å². The summed E-state index contributed by atoms with van der Waals surface area (Å²) in [5.41, 5.74) is 1.48. The number of Topliss-reactive ketones (excluding diaryl/α,β-unsaturated/α-hetero) is 1. The first-order chi connectivity index (χ1) is 10.2. The van der Waals surface area contributed by atoms with Gasteiger partial charge in [-0.15, -0.1) is 0 Å². The summed E-state index contributed by atoms with van der Waals surface area (Å²) in [6.07, 6.45) is -0.586. The third-order valence-electron chi connectivity index (χ3n) is 3.66. The van der Waals surface area contributed by atoms with Crippen molar-refractivity contribution in [3.05, 3.63) is 59.7 Å². The Morgan fingerprint density at radius 2 is 1.76 bits per heavy atom. The van der Waals surface area contributed by atoms with E-state index >= 15 is 0 Å². The van der Waals surface area contributed by atoms with Crippen molar-refractivity contribution in [3.8, 4) is 11.5 Å². The normalized spacial score (nSPS) is 19.7. The third-order valence-corrected chi connectivity index (χ3v) is 3.66. The highest BCUT2D eigenvalue weighted by Gasteiger charge is 2.39. The monoisotopic (exact) mass is 284 g/mol. The highest BCUT2D eigenvalue weighted by Crippen LogP contribution is 2.40. The van der Waals surface area contributed by atoms with Crippen molar-refractivity contribution in [2.75, 3.05) is 14.2 Å². The van der Waals surface area contributed by atoms with Crippen LogP contribution in [0.15, 0.2) is 48.5 Å². The molecular formula is C17H16O4. The summed E-state index contributed by atoms with van der Waals surface area (Å²) in [6, 6.07) is 14.6. The van der Waals surface area contributed by atoms with Crippen LogP contribution in [0.4, 0.5) is 0 Å². The number of para-hydroxylation sites is 1. The minimum atomic E-state index is -0.586. The van der Waals surface area contributed by atoms with Gasteiger partial charge >= 0.3 is 0 Å². The summed E-state index contributed by atoms with van der Waals surface area (Å²) < 4.78 is 16.1. The number of ether oxygens (including phenoxy) is 3. The van der Waals surface area contributed by atoms with Crippen LogP contribution in [-0.4, -0.2) is 26.3 Å². The summed E-state index contributed by atoms with van der Waals surface area (Å²) in [4.78, 5) is 12.8. The fourth-order valence-electron chi connectivity index (χ4n) is 2.57. The molecule has 0 saturated heterocycles. The van der Waals surface area contributed by atoms with Crippen molar-refractivity contribution >= 4 is 5.78 Å². The average Bonchev–Trinajstić information content (AvgIpc) is 2.92. The van der Waals surface area contributed by atoms with Crippen LogP contribution in [0.5, 0.6) is 11.5 Å². The Balaban J connectivity index is 1.95. The van der Waals surface area contributed by atoms with Crippen LogP contribution in [0.3, 0.4) is 0 Å². The number of ketones is 1. The van der Waals surface area contributed by atoms with Gasteiger partial charge in [-0.1, -0.05) is 18.2 Å². The van der Waals surface area contributed by atoms with Crippen LogP contribution >= 0.6 is 0 Å². The highest BCUT2D eigenvalue weighted by atomic mass is 16.7. The maximum atomic E-state index is 12.8. The zero-order valence-electron chi connectivity index (χ0n) is 11.9. The van der Waals surface area contributed by atoms with Crippen molar-refractivity contribution < 1.29 is 19.0 Å². The Bertz CT molecular complexity index is 648. The van der Waals surface area contributed by atoms with E-state index in [0.29, 0.717) is 11.3 Å². The predicted octanol–water partition coefficient (Wildman–Crippen LogP) is 3.03. The number of hydrogen-bond acceptors (Lipinski definition) is 4. The Morgan fingerprint density at radius 3 is 2.43 bits per heavy atom. The van der Waals surface area contributed by atoms with E-state index in [2.05, 4.69) is 0 Å². The van der Waals surface area contributed by atoms with Gasteiger partial charge in [-0.25, -0.2) is 0 Å². The molecule has 21 heavy (non-hydrogen) atoms. The maximum Gasteiger partial charge on any atom is 0.214 e. The lowest BCUT2D eigenvalue weighted by Crippen LogP contribution is -2.27. The molecule has 0 aromatic heterocycles. The molecule has 0 radical (unpaired) electrons. The molecular weight excluding hydrogens is 268 g/mol. The molecule has 2 atom stereocenters. The van der Waals surface area contributed by atoms with Crippen molar-refractivity contribution in [2.24, 2.45) is 0 Å². The molecule has 1 heterocycles. The quantitative estimate of drug-likeness (QED) is 0.810. The standard InChI is InChI=1S/C17H16O4/c1-19-12-9-7-11(8-10-12)16(18)15-13-5-3-4-6-14(13)21-17(15)20-2/h3-10,15,17H,1-2H3. The van der Waals surface area contributed by atoms with Gasteiger partial charge < -0.3 is 14.2 Å². The maximum absolute atomic E-state index is 12.8. The number of benzene rings is 2. The van der Waals surface area contributed by atoms with Crippen molar-refractivity contribution in [1.29, 1.82) is 0 Å². The molecule has 3 rings (SSSR count). The van der Waals surface area contributed by atoms with Gasteiger partial charge in [0.05, 0.1) is 7.11 Å². The van der Waals surface area contributed by atoms with E-state index in [-0.39, 0.29) is 5.78 Å². The third kappa shape index (κ3) is 2.38. The van der Waals surface area contributed by atoms with Gasteiger partial charge in [-0.2, -0.15) is 0 Å². The summed E-state index contributed by atoms with van der Waals surface area (Å²) in [5, 5.41) is 0. The Kier molecular flexibility index (Phi) is 3.62. The second-order valence-electron chi connectivity index (χ2n) is 4.83. The van der Waals surface area contributed by atoms with Crippen LogP contribution < -0.4 is 9.47 Å². The Hall–Kier alpha value is -2.33. The molecule has 0 aliphatic carbocycles. The largest absolute Gasteiger partial charge is 0.497 e. The van der Waals surface area contributed by atoms with Crippen molar-refractivity contribution in [1.82, 2.24) is 0 Å². The van der Waals surface area contributed by atoms with E-state index in [9.17, 15) is 4.79 Å². The Labute approximate surface area is 123 Å². The Morgan fingerprint density at radius 1 is 1.05 bits per heavy atom. The number of carbonyl (C=O) groups is 1. The van der Waals surface area contributed by atoms with Crippen LogP contribution in [0.1, 0.15) is 21.8 Å². The van der Waals surface area contributed by atoms with Crippen molar-refractivity contribution in [2.45, 2.75) is 12.2 Å². The molecule has 0 saturated carbocycles. The van der Waals surface area contributed by atoms with E-state index in [1.165, 1.54) is 0 Å². The number of carbonyl (C=O) groups excluding carboxylic acids is 1. The first-order valence-electron chi connectivity index (χ1n) is 6.71. The molecule has 4 nitrogen and oxygen atoms in total. The first kappa shape index (κ1) is 13.6. The number of rotatable bonds is 4. The lowest BCUT2D eigenvalue weighted by Gasteiger charge is -2.16. The second-order valence-corrected chi connectivity index (χ2v) is 4.83. The van der Waals surface area contributed by atoms with Gasteiger partial charge in [0.1, 0.15) is 17.4 Å². The fourth-order valence-corrected chi connectivity index (χ4v) is 2.57. The first-order valence-corrected chi connectivity index (χ1v) is 6.71. The summed E-state index contributed by atoms with van der Waals surface area (Å²) in [6.45, 7) is 0. The highest BCUT2D eigenvalue weighted by molar-refractivity contribution is 6.02. The average molecular weight is 284 g/mol. The lowest BCUT2D eigenvalue weighted by atomic mass is 9.91. The summed E-state index contributed by atoms with van der Waals surface area (Å²) >= 11 is 0. The van der Waals surface area contributed by atoms with E-state index in [1.807, 2.05) is 24.3 Å². The van der Waals surface area contributed by atoms with Gasteiger partial charge in [0.25, 0.3) is 0 Å². The molecule has 1 aliphatic rings. The van der Waals surface area contributed by atoms with Gasteiger partial charge in [-0.3, -0.25) is 4.79 Å². The number of methoxy groups -OCH3 is 2. The molecule has 0 amide bonds. The molecule has 0 spiro atoms. The fraction of sp³-hybridized carbons (Fsp3) is 0.235. The molecule has 4 heteroatoms. The number of fused-ring (bicyclic) bond motifs is 1. The topological polar surface area (TPSA) is 44.8 Å². The van der Waals surface area contributed by atoms with Gasteiger partial charge in [-0.05, 0) is 30.3 Å². The van der Waals surface area contributed by atoms with Gasteiger partial charge in [0.2, 0.25) is 6.29 Å². The van der Waals surface area contributed by atoms with E-state index in [4.69, 9.17) is 14.2 Å². The van der Waals surface area contributed by atoms with Crippen molar-refractivity contribution in [3.63, 3.8) is 0 Å². The molecule has 0 N–H and O–H groups in total. The molecule has 2 aromatic rings. The summed E-state index contributed by atoms with van der Waals surface area (Å²) in [7, 11) is 3.14. The minimum absolute atomic E-state index is 0.0190. The SMILES string of the molecule is COc1ccc(C(=O)C2c3ccccc3OC2OC)cc1. The lowest BCUT2D eigenvalue weighted by molar-refractivity contribution is -0.0483. The molecule has 0 fully saturated rings. The second kappa shape index (κ2) is 5.58. The zero-order valence-corrected chi connectivity index (χ0v) is 11.9. The molecule has 2 unspecified atom stereocenters. The van der Waals surface area contributed by atoms with Gasteiger partial charge in [0.15, 0.2) is 5.78 Å². The molecule has 2 aromatic carbocycles. The molecule has 0 bridgehead atoms. The van der Waals surface area contributed by atoms with Crippen LogP contribution in [0.25, 0.3) is 0 Å². The zero-order chi connectivity index (χ0) is 14.8. The summed E-state index contributed by atoms with van der Waals surface area (Å²) in [5.74, 6) is 0.961. The van der Waals surface area contributed by atoms with Gasteiger partial charge in [0, 0.05) is 18.2 Å². The molecule has 108 valence electrons. The van der Waals surface area contributed by atoms with Crippen LogP contribution in [0, 0.1) is 0 Å². The van der Waals surface area contributed by atoms with E-state index in [0.717, 1.165) is 11.3 Å². The van der Waals surface area contributed by atoms with Crippen LogP contribution in [0.2, 0.25) is 0 Å². The molecule has 1 aliphatic heterocycles. The smallest absolute Gasteiger partial charge is 0.214 e. The van der Waals surface area contributed by atoms with Crippen LogP contribution in [-0.2, 0) is 4.74 Å². The van der Waals surface area contributed by atoms with E-state index in [1.54, 1.807) is 38.5 Å². The predicted molar refractivity (Wildman–Crippen MR) is 77.9 cm³/mol. The number of hydrogen-bond donors (Lipinski definition) is 0.